The van der Waals surface area contributed by atoms with Crippen LogP contribution in [-0.4, -0.2) is 4.92 Å². The molecule has 2 aromatic rings. The molecule has 0 aliphatic carbocycles. The van der Waals surface area contributed by atoms with Gasteiger partial charge >= 0.3 is 0 Å². The standard InChI is InChI=1S/C15H15BrN2O2/c1-11-2-4-12(5-3-11)9-17-10-13-6-7-14(16)8-15(13)18(19)20/h2-8,17H,9-10H2,1H3. The molecule has 0 aromatic heterocycles. The highest BCUT2D eigenvalue weighted by atomic mass is 79.9. The molecule has 0 spiro atoms. The predicted molar refractivity (Wildman–Crippen MR) is 82.5 cm³/mol. The van der Waals surface area contributed by atoms with E-state index in [2.05, 4.69) is 45.5 Å². The fourth-order valence-corrected chi connectivity index (χ4v) is 2.25. The average molecular weight is 335 g/mol. The maximum Gasteiger partial charge on any atom is 0.275 e. The normalized spacial score (nSPS) is 10.5. The zero-order chi connectivity index (χ0) is 14.5. The Kier molecular flexibility index (Phi) is 4.87. The first kappa shape index (κ1) is 14.7. The van der Waals surface area contributed by atoms with E-state index in [-0.39, 0.29) is 10.6 Å². The van der Waals surface area contributed by atoms with Crippen LogP contribution in [0.1, 0.15) is 16.7 Å². The number of benzene rings is 2. The molecule has 0 heterocycles. The van der Waals surface area contributed by atoms with Crippen LogP contribution in [0.25, 0.3) is 0 Å². The van der Waals surface area contributed by atoms with E-state index in [0.717, 1.165) is 5.56 Å². The zero-order valence-electron chi connectivity index (χ0n) is 11.1. The molecule has 1 N–H and O–H groups in total. The molecule has 0 radical (unpaired) electrons. The minimum Gasteiger partial charge on any atom is -0.308 e. The fraction of sp³-hybridized carbons (Fsp3) is 0.200. The van der Waals surface area contributed by atoms with Crippen molar-refractivity contribution in [2.75, 3.05) is 0 Å². The van der Waals surface area contributed by atoms with Crippen molar-refractivity contribution in [3.8, 4) is 0 Å². The average Bonchev–Trinajstić information content (AvgIpc) is 2.42. The SMILES string of the molecule is Cc1ccc(CNCc2ccc(Br)cc2[N+](=O)[O-])cc1. The van der Waals surface area contributed by atoms with Crippen LogP contribution in [-0.2, 0) is 13.1 Å². The van der Waals surface area contributed by atoms with Gasteiger partial charge < -0.3 is 5.32 Å². The summed E-state index contributed by atoms with van der Waals surface area (Å²) in [6.45, 7) is 3.20. The van der Waals surface area contributed by atoms with E-state index in [9.17, 15) is 10.1 Å². The number of nitrogens with zero attached hydrogens (tertiary/aromatic N) is 1. The van der Waals surface area contributed by atoms with Crippen LogP contribution in [0.2, 0.25) is 0 Å². The van der Waals surface area contributed by atoms with Crippen molar-refractivity contribution in [2.24, 2.45) is 0 Å². The molecule has 0 unspecified atom stereocenters. The number of nitro benzene ring substituents is 1. The number of hydrogen-bond donors (Lipinski definition) is 1. The van der Waals surface area contributed by atoms with Gasteiger partial charge in [0.15, 0.2) is 0 Å². The molecule has 4 nitrogen and oxygen atoms in total. The Bertz CT molecular complexity index is 612. The Balaban J connectivity index is 2.00. The quantitative estimate of drug-likeness (QED) is 0.665. The third-order valence-corrected chi connectivity index (χ3v) is 3.50. The van der Waals surface area contributed by atoms with E-state index in [4.69, 9.17) is 0 Å². The third-order valence-electron chi connectivity index (χ3n) is 3.01. The number of nitro groups is 1. The summed E-state index contributed by atoms with van der Waals surface area (Å²) in [5.74, 6) is 0. The van der Waals surface area contributed by atoms with E-state index in [0.29, 0.717) is 23.1 Å². The van der Waals surface area contributed by atoms with Gasteiger partial charge in [0.1, 0.15) is 0 Å². The Labute approximate surface area is 126 Å². The van der Waals surface area contributed by atoms with Crippen LogP contribution in [0.4, 0.5) is 5.69 Å². The van der Waals surface area contributed by atoms with Crippen LogP contribution < -0.4 is 5.32 Å². The highest BCUT2D eigenvalue weighted by Gasteiger charge is 2.13. The molecule has 104 valence electrons. The Morgan fingerprint density at radius 2 is 1.85 bits per heavy atom. The van der Waals surface area contributed by atoms with Gasteiger partial charge in [-0.1, -0.05) is 45.8 Å². The van der Waals surface area contributed by atoms with Crippen LogP contribution in [0, 0.1) is 17.0 Å². The lowest BCUT2D eigenvalue weighted by Crippen LogP contribution is -2.13. The summed E-state index contributed by atoms with van der Waals surface area (Å²) in [6.07, 6.45) is 0. The molecule has 0 saturated heterocycles. The van der Waals surface area contributed by atoms with Crippen molar-refractivity contribution in [3.05, 3.63) is 73.7 Å². The molecule has 5 heteroatoms. The zero-order valence-corrected chi connectivity index (χ0v) is 12.7. The number of nitrogens with one attached hydrogen (secondary N) is 1. The number of hydrogen-bond acceptors (Lipinski definition) is 3. The second-order valence-electron chi connectivity index (χ2n) is 4.62. The fourth-order valence-electron chi connectivity index (χ4n) is 1.90. The molecule has 0 saturated carbocycles. The molecular formula is C15H15BrN2O2. The molecule has 0 fully saturated rings. The van der Waals surface area contributed by atoms with Gasteiger partial charge in [-0.25, -0.2) is 0 Å². The largest absolute Gasteiger partial charge is 0.308 e. The lowest BCUT2D eigenvalue weighted by molar-refractivity contribution is -0.385. The topological polar surface area (TPSA) is 55.2 Å². The van der Waals surface area contributed by atoms with Gasteiger partial charge in [0.05, 0.1) is 4.92 Å². The highest BCUT2D eigenvalue weighted by Crippen LogP contribution is 2.23. The Morgan fingerprint density at radius 1 is 1.15 bits per heavy atom. The van der Waals surface area contributed by atoms with Gasteiger partial charge in [-0.3, -0.25) is 10.1 Å². The van der Waals surface area contributed by atoms with Crippen molar-refractivity contribution >= 4 is 21.6 Å². The van der Waals surface area contributed by atoms with Gasteiger partial charge in [-0.2, -0.15) is 0 Å². The molecule has 0 amide bonds. The van der Waals surface area contributed by atoms with Crippen LogP contribution >= 0.6 is 15.9 Å². The molecule has 0 aliphatic heterocycles. The van der Waals surface area contributed by atoms with Gasteiger partial charge in [0.25, 0.3) is 5.69 Å². The molecule has 0 bridgehead atoms. The summed E-state index contributed by atoms with van der Waals surface area (Å²) < 4.78 is 0.714. The molecular weight excluding hydrogens is 320 g/mol. The lowest BCUT2D eigenvalue weighted by atomic mass is 10.1. The van der Waals surface area contributed by atoms with Crippen molar-refractivity contribution in [2.45, 2.75) is 20.0 Å². The predicted octanol–water partition coefficient (Wildman–Crippen LogP) is 3.96. The van der Waals surface area contributed by atoms with E-state index in [1.807, 2.05) is 13.0 Å². The molecule has 2 aromatic carbocycles. The highest BCUT2D eigenvalue weighted by molar-refractivity contribution is 9.10. The van der Waals surface area contributed by atoms with Gasteiger partial charge in [0.2, 0.25) is 0 Å². The monoisotopic (exact) mass is 334 g/mol. The van der Waals surface area contributed by atoms with Crippen molar-refractivity contribution in [1.82, 2.24) is 5.32 Å². The van der Waals surface area contributed by atoms with E-state index >= 15 is 0 Å². The van der Waals surface area contributed by atoms with Gasteiger partial charge in [-0.05, 0) is 24.6 Å². The minimum atomic E-state index is -0.354. The maximum atomic E-state index is 11.0. The summed E-state index contributed by atoms with van der Waals surface area (Å²) in [5, 5.41) is 14.2. The van der Waals surface area contributed by atoms with Crippen molar-refractivity contribution < 1.29 is 4.92 Å². The minimum absolute atomic E-state index is 0.135. The first-order chi connectivity index (χ1) is 9.56. The number of rotatable bonds is 5. The molecule has 0 aliphatic rings. The number of halogens is 1. The summed E-state index contributed by atoms with van der Waals surface area (Å²) in [7, 11) is 0. The molecule has 20 heavy (non-hydrogen) atoms. The lowest BCUT2D eigenvalue weighted by Gasteiger charge is -2.06. The van der Waals surface area contributed by atoms with Crippen molar-refractivity contribution in [3.63, 3.8) is 0 Å². The van der Waals surface area contributed by atoms with Gasteiger partial charge in [0, 0.05) is 29.2 Å². The first-order valence-corrected chi connectivity index (χ1v) is 7.04. The van der Waals surface area contributed by atoms with E-state index < -0.39 is 0 Å². The second kappa shape index (κ2) is 6.63. The summed E-state index contributed by atoms with van der Waals surface area (Å²) in [5.41, 5.74) is 3.20. The van der Waals surface area contributed by atoms with Crippen LogP contribution in [0.15, 0.2) is 46.9 Å². The Hall–Kier alpha value is -1.72. The Morgan fingerprint density at radius 3 is 2.50 bits per heavy atom. The van der Waals surface area contributed by atoms with E-state index in [1.54, 1.807) is 6.07 Å². The third kappa shape index (κ3) is 3.88. The molecule has 0 atom stereocenters. The first-order valence-electron chi connectivity index (χ1n) is 6.25. The summed E-state index contributed by atoms with van der Waals surface area (Å²) >= 11 is 3.25. The van der Waals surface area contributed by atoms with Crippen molar-refractivity contribution in [1.29, 1.82) is 0 Å². The van der Waals surface area contributed by atoms with Crippen LogP contribution in [0.3, 0.4) is 0 Å². The maximum absolute atomic E-state index is 11.0. The second-order valence-corrected chi connectivity index (χ2v) is 5.53. The van der Waals surface area contributed by atoms with Gasteiger partial charge in [-0.15, -0.1) is 0 Å². The summed E-state index contributed by atoms with van der Waals surface area (Å²) in [4.78, 5) is 10.6. The summed E-state index contributed by atoms with van der Waals surface area (Å²) in [6, 6.07) is 13.3. The molecule has 2 rings (SSSR count). The smallest absolute Gasteiger partial charge is 0.275 e. The van der Waals surface area contributed by atoms with Crippen LogP contribution in [0.5, 0.6) is 0 Å². The van der Waals surface area contributed by atoms with E-state index in [1.165, 1.54) is 11.6 Å². The number of aryl methyl sites for hydroxylation is 1.